The average molecular weight is 407 g/mol. The monoisotopic (exact) mass is 406 g/mol. The number of aliphatic hydroxyl groups is 1. The minimum atomic E-state index is -0.688. The summed E-state index contributed by atoms with van der Waals surface area (Å²) in [6.07, 6.45) is -1.23. The highest BCUT2D eigenvalue weighted by atomic mass is 35.5. The number of nitrogens with zero attached hydrogens (tertiary/aromatic N) is 2. The van der Waals surface area contributed by atoms with E-state index >= 15 is 0 Å². The number of β-amino-alcohol motifs (C(OH)–C–C–N with tert-alkyl or cyclic N) is 1. The van der Waals surface area contributed by atoms with Gasteiger partial charge in [0.25, 0.3) is 0 Å². The fourth-order valence-electron chi connectivity index (χ4n) is 3.11. The Balaban J connectivity index is 1.60. The lowest BCUT2D eigenvalue weighted by Gasteiger charge is -2.14. The predicted molar refractivity (Wildman–Crippen MR) is 102 cm³/mol. The predicted octanol–water partition coefficient (Wildman–Crippen LogP) is 3.63. The van der Waals surface area contributed by atoms with E-state index in [0.717, 1.165) is 0 Å². The number of ether oxygens (including phenoxy) is 1. The van der Waals surface area contributed by atoms with Crippen LogP contribution in [-0.4, -0.2) is 53.3 Å². The van der Waals surface area contributed by atoms with Gasteiger partial charge in [0.05, 0.1) is 5.56 Å². The number of aromatic nitrogens is 1. The van der Waals surface area contributed by atoms with Crippen molar-refractivity contribution in [1.29, 1.82) is 0 Å². The van der Waals surface area contributed by atoms with Crippen LogP contribution in [-0.2, 0) is 4.74 Å². The van der Waals surface area contributed by atoms with E-state index in [-0.39, 0.29) is 0 Å². The van der Waals surface area contributed by atoms with Gasteiger partial charge >= 0.3 is 5.97 Å². The molecule has 0 saturated carbocycles. The zero-order valence-electron chi connectivity index (χ0n) is 14.4. The maximum absolute atomic E-state index is 12.4. The minimum Gasteiger partial charge on any atom is -0.455 e. The summed E-state index contributed by atoms with van der Waals surface area (Å²) in [6, 6.07) is 9.90. The lowest BCUT2D eigenvalue weighted by molar-refractivity contribution is 0.00177. The van der Waals surface area contributed by atoms with E-state index in [2.05, 4.69) is 4.98 Å². The van der Waals surface area contributed by atoms with E-state index in [0.29, 0.717) is 51.3 Å². The van der Waals surface area contributed by atoms with E-state index in [1.54, 1.807) is 36.4 Å². The van der Waals surface area contributed by atoms with Crippen molar-refractivity contribution in [3.05, 3.63) is 52.0 Å². The van der Waals surface area contributed by atoms with Crippen LogP contribution in [0.1, 0.15) is 10.4 Å². The molecule has 0 bridgehead atoms. The van der Waals surface area contributed by atoms with E-state index in [4.69, 9.17) is 32.4 Å². The first-order chi connectivity index (χ1) is 12.9. The zero-order valence-corrected chi connectivity index (χ0v) is 15.9. The molecule has 1 aromatic heterocycles. The number of likely N-dealkylation sites (tertiary alicyclic amines) is 1. The maximum atomic E-state index is 12.4. The molecular formula is C19H16Cl2N2O4. The molecule has 1 aliphatic rings. The Bertz CT molecular complexity index is 1000. The Morgan fingerprint density at radius 2 is 1.96 bits per heavy atom. The fraction of sp³-hybridized carbons (Fsp3) is 0.263. The average Bonchev–Trinajstić information content (AvgIpc) is 3.16. The third kappa shape index (κ3) is 3.80. The van der Waals surface area contributed by atoms with Gasteiger partial charge in [-0.1, -0.05) is 23.2 Å². The lowest BCUT2D eigenvalue weighted by Crippen LogP contribution is -2.29. The summed E-state index contributed by atoms with van der Waals surface area (Å²) in [6.45, 7) is 0.974. The number of aliphatic hydroxyl groups excluding tert-OH is 1. The number of fused-ring (bicyclic) bond motifs is 1. The molecule has 6 nitrogen and oxygen atoms in total. The number of hydrogen-bond donors (Lipinski definition) is 1. The number of carbonyl (C=O) groups excluding carboxylic acids is 1. The van der Waals surface area contributed by atoms with Gasteiger partial charge in [-0.2, -0.15) is 0 Å². The van der Waals surface area contributed by atoms with Crippen LogP contribution in [0.4, 0.5) is 0 Å². The molecule has 1 saturated heterocycles. The molecular weight excluding hydrogens is 391 g/mol. The van der Waals surface area contributed by atoms with Gasteiger partial charge in [-0.25, -0.2) is 9.78 Å². The molecule has 2 atom stereocenters. The van der Waals surface area contributed by atoms with Gasteiger partial charge in [-0.15, -0.1) is 0 Å². The standard InChI is InChI=1S/C19H16Cl2N2O4/c1-23-8-15(24)17(9-23)27-19(25)10-2-3-14-16(6-10)26-18(22-14)11-4-12(20)7-13(21)5-11/h2-7,15,17,24H,8-9H2,1H3/t15-,17-/m1/s1. The van der Waals surface area contributed by atoms with Crippen molar-refractivity contribution in [3.63, 3.8) is 0 Å². The number of carbonyl (C=O) groups is 1. The Kier molecular flexibility index (Phi) is 4.82. The number of esters is 1. The SMILES string of the molecule is CN1C[C@@H](O)[C@H](OC(=O)c2ccc3nc(-c4cc(Cl)cc(Cl)c4)oc3c2)C1. The quantitative estimate of drug-likeness (QED) is 0.669. The molecule has 140 valence electrons. The Labute approximate surface area is 165 Å². The zero-order chi connectivity index (χ0) is 19.1. The van der Waals surface area contributed by atoms with Crippen molar-refractivity contribution in [3.8, 4) is 11.5 Å². The molecule has 1 aliphatic heterocycles. The van der Waals surface area contributed by atoms with Crippen molar-refractivity contribution in [1.82, 2.24) is 9.88 Å². The van der Waals surface area contributed by atoms with Crippen LogP contribution in [0.5, 0.6) is 0 Å². The highest BCUT2D eigenvalue weighted by Crippen LogP contribution is 2.29. The molecule has 0 aliphatic carbocycles. The second-order valence-electron chi connectivity index (χ2n) is 6.59. The van der Waals surface area contributed by atoms with Crippen LogP contribution >= 0.6 is 23.2 Å². The van der Waals surface area contributed by atoms with Gasteiger partial charge in [0, 0.05) is 28.7 Å². The van der Waals surface area contributed by atoms with Crippen molar-refractivity contribution >= 4 is 40.3 Å². The summed E-state index contributed by atoms with van der Waals surface area (Å²) in [5.74, 6) is -0.159. The van der Waals surface area contributed by atoms with Gasteiger partial charge < -0.3 is 14.3 Å². The van der Waals surface area contributed by atoms with Crippen molar-refractivity contribution in [2.24, 2.45) is 0 Å². The first-order valence-corrected chi connectivity index (χ1v) is 9.09. The second-order valence-corrected chi connectivity index (χ2v) is 7.46. The van der Waals surface area contributed by atoms with Gasteiger partial charge in [0.1, 0.15) is 17.7 Å². The number of likely N-dealkylation sites (N-methyl/N-ethyl adjacent to an activating group) is 1. The summed E-state index contributed by atoms with van der Waals surface area (Å²) in [7, 11) is 1.86. The Hall–Kier alpha value is -2.12. The number of oxazole rings is 1. The lowest BCUT2D eigenvalue weighted by atomic mass is 10.2. The van der Waals surface area contributed by atoms with Crippen molar-refractivity contribution in [2.75, 3.05) is 20.1 Å². The molecule has 2 aromatic carbocycles. The van der Waals surface area contributed by atoms with Gasteiger partial charge in [0.15, 0.2) is 5.58 Å². The summed E-state index contributed by atoms with van der Waals surface area (Å²) in [4.78, 5) is 18.7. The van der Waals surface area contributed by atoms with Crippen LogP contribution in [0.15, 0.2) is 40.8 Å². The first-order valence-electron chi connectivity index (χ1n) is 8.34. The molecule has 0 radical (unpaired) electrons. The maximum Gasteiger partial charge on any atom is 0.338 e. The van der Waals surface area contributed by atoms with Crippen LogP contribution < -0.4 is 0 Å². The molecule has 1 fully saturated rings. The molecule has 4 rings (SSSR count). The molecule has 3 aromatic rings. The number of halogens is 2. The molecule has 2 heterocycles. The summed E-state index contributed by atoms with van der Waals surface area (Å²) in [5, 5.41) is 10.9. The van der Waals surface area contributed by atoms with Crippen molar-refractivity contribution in [2.45, 2.75) is 12.2 Å². The summed E-state index contributed by atoms with van der Waals surface area (Å²) >= 11 is 12.1. The van der Waals surface area contributed by atoms with Crippen LogP contribution in [0.3, 0.4) is 0 Å². The minimum absolute atomic E-state index is 0.330. The highest BCUT2D eigenvalue weighted by Gasteiger charge is 2.32. The summed E-state index contributed by atoms with van der Waals surface area (Å²) in [5.41, 5.74) is 2.01. The second kappa shape index (κ2) is 7.13. The first kappa shape index (κ1) is 18.3. The number of benzene rings is 2. The molecule has 8 heteroatoms. The third-order valence-electron chi connectivity index (χ3n) is 4.41. The third-order valence-corrected chi connectivity index (χ3v) is 4.85. The summed E-state index contributed by atoms with van der Waals surface area (Å²) < 4.78 is 11.2. The molecule has 0 unspecified atom stereocenters. The van der Waals surface area contributed by atoms with E-state index in [1.165, 1.54) is 0 Å². The molecule has 27 heavy (non-hydrogen) atoms. The molecule has 1 N–H and O–H groups in total. The Morgan fingerprint density at radius 1 is 1.22 bits per heavy atom. The topological polar surface area (TPSA) is 75.8 Å². The fourth-order valence-corrected chi connectivity index (χ4v) is 3.64. The van der Waals surface area contributed by atoms with Crippen LogP contribution in [0.2, 0.25) is 10.0 Å². The van der Waals surface area contributed by atoms with Crippen molar-refractivity contribution < 1.29 is 19.1 Å². The normalized spacial score (nSPS) is 20.3. The number of hydrogen-bond acceptors (Lipinski definition) is 6. The van der Waals surface area contributed by atoms with Gasteiger partial charge in [0.2, 0.25) is 5.89 Å². The van der Waals surface area contributed by atoms with Gasteiger partial charge in [-0.3, -0.25) is 4.90 Å². The smallest absolute Gasteiger partial charge is 0.338 e. The van der Waals surface area contributed by atoms with E-state index < -0.39 is 18.2 Å². The van der Waals surface area contributed by atoms with E-state index in [9.17, 15) is 9.90 Å². The number of rotatable bonds is 3. The molecule has 0 amide bonds. The largest absolute Gasteiger partial charge is 0.455 e. The Morgan fingerprint density at radius 3 is 2.63 bits per heavy atom. The van der Waals surface area contributed by atoms with Crippen LogP contribution in [0, 0.1) is 0 Å². The van der Waals surface area contributed by atoms with E-state index in [1.807, 2.05) is 11.9 Å². The van der Waals surface area contributed by atoms with Crippen LogP contribution in [0.25, 0.3) is 22.6 Å². The highest BCUT2D eigenvalue weighted by molar-refractivity contribution is 6.35. The van der Waals surface area contributed by atoms with Gasteiger partial charge in [-0.05, 0) is 43.4 Å². The molecule has 0 spiro atoms.